The molecule has 4 rings (SSSR count). The maximum Gasteiger partial charge on any atom is 0.274 e. The minimum Gasteiger partial charge on any atom is -0.381 e. The molecule has 0 unspecified atom stereocenters. The average Bonchev–Trinajstić information content (AvgIpc) is 2.75. The normalized spacial score (nSPS) is 25.8. The number of amides is 2. The van der Waals surface area contributed by atoms with Crippen molar-refractivity contribution in [3.8, 4) is 0 Å². The van der Waals surface area contributed by atoms with Gasteiger partial charge in [0.2, 0.25) is 11.8 Å². The van der Waals surface area contributed by atoms with Crippen LogP contribution in [0.2, 0.25) is 5.02 Å². The summed E-state index contributed by atoms with van der Waals surface area (Å²) >= 11 is 6.04. The molecule has 5 nitrogen and oxygen atoms in total. The SMILES string of the molecule is C=CC(=O)N1CC2(C[C@H](C)N(C(=O)[C@H](c3ccc(Cl)cc3)C3CCOCC3)CC2(F)F)C1. The quantitative estimate of drug-likeness (QED) is 0.627. The molecular formula is C24H29ClF2N2O3. The standard InChI is InChI=1S/C24H29ClF2N2O3/c1-3-20(30)28-13-23(14-28)12-16(2)29(15-24(23,26)27)22(31)21(18-8-10-32-11-9-18)17-4-6-19(25)7-5-17/h3-7,16,18,21H,1,8-15H2,2H3/t16-,21+/m0/s1. The molecule has 2 amide bonds. The van der Waals surface area contributed by atoms with Crippen molar-refractivity contribution in [3.63, 3.8) is 0 Å². The zero-order valence-electron chi connectivity index (χ0n) is 18.2. The van der Waals surface area contributed by atoms with Crippen molar-refractivity contribution < 1.29 is 23.1 Å². The Hall–Kier alpha value is -1.99. The number of carbonyl (C=O) groups is 2. The van der Waals surface area contributed by atoms with E-state index in [2.05, 4.69) is 6.58 Å². The van der Waals surface area contributed by atoms with E-state index in [9.17, 15) is 9.59 Å². The number of likely N-dealkylation sites (tertiary alicyclic amines) is 2. The van der Waals surface area contributed by atoms with E-state index < -0.39 is 23.8 Å². The smallest absolute Gasteiger partial charge is 0.274 e. The fourth-order valence-corrected chi connectivity index (χ4v) is 5.63. The first-order valence-electron chi connectivity index (χ1n) is 11.1. The first kappa shape index (κ1) is 23.2. The Bertz CT molecular complexity index is 880. The number of piperidine rings is 1. The Morgan fingerprint density at radius 1 is 1.19 bits per heavy atom. The van der Waals surface area contributed by atoms with Gasteiger partial charge in [0.15, 0.2) is 0 Å². The van der Waals surface area contributed by atoms with E-state index in [1.54, 1.807) is 12.1 Å². The highest BCUT2D eigenvalue weighted by atomic mass is 35.5. The zero-order valence-corrected chi connectivity index (χ0v) is 19.0. The molecule has 1 aromatic rings. The summed E-state index contributed by atoms with van der Waals surface area (Å²) in [5.41, 5.74) is -0.482. The number of alkyl halides is 2. The van der Waals surface area contributed by atoms with E-state index in [4.69, 9.17) is 16.3 Å². The van der Waals surface area contributed by atoms with Crippen molar-refractivity contribution in [2.24, 2.45) is 11.3 Å². The average molecular weight is 467 g/mol. The van der Waals surface area contributed by atoms with Gasteiger partial charge in [-0.3, -0.25) is 9.59 Å². The lowest BCUT2D eigenvalue weighted by Gasteiger charge is -2.59. The second kappa shape index (κ2) is 8.75. The Labute approximate surface area is 192 Å². The molecule has 1 spiro atoms. The molecule has 3 heterocycles. The van der Waals surface area contributed by atoms with Crippen LogP contribution in [0.3, 0.4) is 0 Å². The van der Waals surface area contributed by atoms with Crippen molar-refractivity contribution in [2.45, 2.75) is 44.1 Å². The highest BCUT2D eigenvalue weighted by Gasteiger charge is 2.65. The van der Waals surface area contributed by atoms with Gasteiger partial charge in [0.05, 0.1) is 17.9 Å². The molecule has 0 N–H and O–H groups in total. The predicted molar refractivity (Wildman–Crippen MR) is 118 cm³/mol. The molecule has 1 aromatic carbocycles. The molecular weight excluding hydrogens is 438 g/mol. The first-order chi connectivity index (χ1) is 15.2. The number of hydrogen-bond acceptors (Lipinski definition) is 3. The van der Waals surface area contributed by atoms with Gasteiger partial charge < -0.3 is 14.5 Å². The maximum absolute atomic E-state index is 15.4. The third-order valence-electron chi connectivity index (χ3n) is 7.35. The Balaban J connectivity index is 1.57. The van der Waals surface area contributed by atoms with Gasteiger partial charge in [0, 0.05) is 37.4 Å². The van der Waals surface area contributed by atoms with Crippen LogP contribution < -0.4 is 0 Å². The lowest BCUT2D eigenvalue weighted by atomic mass is 9.66. The van der Waals surface area contributed by atoms with Gasteiger partial charge in [-0.05, 0) is 55.9 Å². The fourth-order valence-electron chi connectivity index (χ4n) is 5.50. The number of rotatable bonds is 4. The Morgan fingerprint density at radius 2 is 1.81 bits per heavy atom. The summed E-state index contributed by atoms with van der Waals surface area (Å²) in [5.74, 6) is -4.16. The van der Waals surface area contributed by atoms with E-state index in [1.807, 2.05) is 19.1 Å². The highest BCUT2D eigenvalue weighted by Crippen LogP contribution is 2.52. The van der Waals surface area contributed by atoms with E-state index >= 15 is 8.78 Å². The van der Waals surface area contributed by atoms with Crippen molar-refractivity contribution in [2.75, 3.05) is 32.8 Å². The first-order valence-corrected chi connectivity index (χ1v) is 11.5. The molecule has 3 aliphatic rings. The van der Waals surface area contributed by atoms with Crippen molar-refractivity contribution in [3.05, 3.63) is 47.5 Å². The second-order valence-electron chi connectivity index (χ2n) is 9.38. The van der Waals surface area contributed by atoms with Gasteiger partial charge in [0.1, 0.15) is 0 Å². The molecule has 3 aliphatic heterocycles. The number of benzene rings is 1. The predicted octanol–water partition coefficient (Wildman–Crippen LogP) is 4.12. The molecule has 174 valence electrons. The lowest BCUT2D eigenvalue weighted by molar-refractivity contribution is -0.231. The summed E-state index contributed by atoms with van der Waals surface area (Å²) in [5, 5.41) is 0.565. The minimum absolute atomic E-state index is 0.00218. The molecule has 0 saturated carbocycles. The van der Waals surface area contributed by atoms with E-state index in [1.165, 1.54) is 9.80 Å². The maximum atomic E-state index is 15.4. The van der Waals surface area contributed by atoms with Gasteiger partial charge in [-0.1, -0.05) is 30.3 Å². The van der Waals surface area contributed by atoms with Gasteiger partial charge >= 0.3 is 0 Å². The summed E-state index contributed by atoms with van der Waals surface area (Å²) in [6.07, 6.45) is 2.73. The number of hydrogen-bond donors (Lipinski definition) is 0. The molecule has 32 heavy (non-hydrogen) atoms. The molecule has 8 heteroatoms. The van der Waals surface area contributed by atoms with Crippen LogP contribution in [-0.2, 0) is 14.3 Å². The number of halogens is 3. The van der Waals surface area contributed by atoms with Gasteiger partial charge in [0.25, 0.3) is 5.92 Å². The Morgan fingerprint density at radius 3 is 2.41 bits per heavy atom. The summed E-state index contributed by atoms with van der Waals surface area (Å²) in [4.78, 5) is 28.3. The summed E-state index contributed by atoms with van der Waals surface area (Å²) in [6, 6.07) is 6.76. The minimum atomic E-state index is -3.08. The van der Waals surface area contributed by atoms with Crippen LogP contribution in [0.5, 0.6) is 0 Å². The number of carbonyl (C=O) groups excluding carboxylic acids is 2. The monoisotopic (exact) mass is 466 g/mol. The number of nitrogens with zero attached hydrogens (tertiary/aromatic N) is 2. The lowest BCUT2D eigenvalue weighted by Crippen LogP contribution is -2.73. The van der Waals surface area contributed by atoms with E-state index in [-0.39, 0.29) is 43.3 Å². The van der Waals surface area contributed by atoms with Crippen molar-refractivity contribution >= 4 is 23.4 Å². The fraction of sp³-hybridized carbons (Fsp3) is 0.583. The third-order valence-corrected chi connectivity index (χ3v) is 7.60. The topological polar surface area (TPSA) is 49.9 Å². The van der Waals surface area contributed by atoms with Crippen LogP contribution in [0.15, 0.2) is 36.9 Å². The van der Waals surface area contributed by atoms with Crippen LogP contribution in [0, 0.1) is 11.3 Å². The van der Waals surface area contributed by atoms with Gasteiger partial charge in [-0.25, -0.2) is 8.78 Å². The summed E-state index contributed by atoms with van der Waals surface area (Å²) in [6.45, 7) is 5.75. The van der Waals surface area contributed by atoms with Crippen LogP contribution in [0.25, 0.3) is 0 Å². The second-order valence-corrected chi connectivity index (χ2v) is 9.82. The van der Waals surface area contributed by atoms with Crippen molar-refractivity contribution in [1.29, 1.82) is 0 Å². The van der Waals surface area contributed by atoms with E-state index in [0.29, 0.717) is 31.1 Å². The Kier molecular flexibility index (Phi) is 6.34. The van der Waals surface area contributed by atoms with Crippen LogP contribution in [0.4, 0.5) is 8.78 Å². The van der Waals surface area contributed by atoms with Gasteiger partial charge in [-0.2, -0.15) is 0 Å². The molecule has 3 saturated heterocycles. The van der Waals surface area contributed by atoms with Gasteiger partial charge in [-0.15, -0.1) is 0 Å². The largest absolute Gasteiger partial charge is 0.381 e. The summed E-state index contributed by atoms with van der Waals surface area (Å²) in [7, 11) is 0. The van der Waals surface area contributed by atoms with Crippen LogP contribution in [-0.4, -0.2) is 66.4 Å². The molecule has 0 aliphatic carbocycles. The molecule has 0 radical (unpaired) electrons. The molecule has 0 aromatic heterocycles. The summed E-state index contributed by atoms with van der Waals surface area (Å²) < 4.78 is 36.3. The molecule has 2 atom stereocenters. The highest BCUT2D eigenvalue weighted by molar-refractivity contribution is 6.30. The third kappa shape index (κ3) is 4.05. The number of ether oxygens (including phenoxy) is 1. The van der Waals surface area contributed by atoms with Crippen LogP contribution in [0.1, 0.15) is 37.7 Å². The van der Waals surface area contributed by atoms with Crippen LogP contribution >= 0.6 is 11.6 Å². The van der Waals surface area contributed by atoms with E-state index in [0.717, 1.165) is 11.6 Å². The molecule has 3 fully saturated rings. The van der Waals surface area contributed by atoms with Crippen molar-refractivity contribution in [1.82, 2.24) is 9.80 Å². The zero-order chi connectivity index (χ0) is 23.1. The molecule has 0 bridgehead atoms.